The molecule has 1 aliphatic heterocycles. The van der Waals surface area contributed by atoms with E-state index in [4.69, 9.17) is 0 Å². The molecule has 1 fully saturated rings. The highest BCUT2D eigenvalue weighted by atomic mass is 32.2. The first-order chi connectivity index (χ1) is 6.57. The number of aryl methyl sites for hydroxylation is 1. The third-order valence-corrected chi connectivity index (χ3v) is 4.35. The maximum absolute atomic E-state index is 11.4. The summed E-state index contributed by atoms with van der Waals surface area (Å²) in [5, 5.41) is 4.16. The SMILES string of the molecule is Cc1cnn(C2CCCS(=O)(=O)C2)c1. The van der Waals surface area contributed by atoms with Gasteiger partial charge in [0.1, 0.15) is 0 Å². The Balaban J connectivity index is 2.20. The Bertz CT molecular complexity index is 422. The lowest BCUT2D eigenvalue weighted by Gasteiger charge is -2.22. The highest BCUT2D eigenvalue weighted by Gasteiger charge is 2.26. The van der Waals surface area contributed by atoms with Gasteiger partial charge in [0.25, 0.3) is 0 Å². The number of rotatable bonds is 1. The highest BCUT2D eigenvalue weighted by Crippen LogP contribution is 2.22. The van der Waals surface area contributed by atoms with Gasteiger partial charge in [-0.25, -0.2) is 8.42 Å². The van der Waals surface area contributed by atoms with Gasteiger partial charge in [0.2, 0.25) is 0 Å². The average Bonchev–Trinajstić information content (AvgIpc) is 2.50. The number of hydrogen-bond donors (Lipinski definition) is 0. The van der Waals surface area contributed by atoms with Gasteiger partial charge in [0.05, 0.1) is 23.7 Å². The smallest absolute Gasteiger partial charge is 0.152 e. The van der Waals surface area contributed by atoms with Crippen LogP contribution in [0.2, 0.25) is 0 Å². The van der Waals surface area contributed by atoms with Crippen molar-refractivity contribution in [1.82, 2.24) is 9.78 Å². The quantitative estimate of drug-likeness (QED) is 0.699. The third-order valence-electron chi connectivity index (χ3n) is 2.54. The van der Waals surface area contributed by atoms with Crippen molar-refractivity contribution >= 4 is 9.84 Å². The van der Waals surface area contributed by atoms with Crippen LogP contribution >= 0.6 is 0 Å². The summed E-state index contributed by atoms with van der Waals surface area (Å²) in [6.45, 7) is 1.96. The van der Waals surface area contributed by atoms with E-state index < -0.39 is 9.84 Å². The monoisotopic (exact) mass is 214 g/mol. The Kier molecular flexibility index (Phi) is 2.34. The molecule has 2 rings (SSSR count). The molecule has 5 heteroatoms. The lowest BCUT2D eigenvalue weighted by atomic mass is 10.2. The minimum Gasteiger partial charge on any atom is -0.268 e. The van der Waals surface area contributed by atoms with E-state index in [1.54, 1.807) is 10.9 Å². The van der Waals surface area contributed by atoms with Gasteiger partial charge in [0, 0.05) is 6.20 Å². The number of hydrogen-bond acceptors (Lipinski definition) is 3. The molecule has 0 saturated carbocycles. The maximum atomic E-state index is 11.4. The van der Waals surface area contributed by atoms with Crippen LogP contribution in [0.15, 0.2) is 12.4 Å². The van der Waals surface area contributed by atoms with Crippen LogP contribution in [-0.2, 0) is 9.84 Å². The molecule has 1 aromatic rings. The molecule has 4 nitrogen and oxygen atoms in total. The van der Waals surface area contributed by atoms with Gasteiger partial charge >= 0.3 is 0 Å². The zero-order chi connectivity index (χ0) is 10.2. The molecular weight excluding hydrogens is 200 g/mol. The van der Waals surface area contributed by atoms with E-state index in [0.717, 1.165) is 18.4 Å². The second-order valence-corrected chi connectivity index (χ2v) is 6.14. The van der Waals surface area contributed by atoms with E-state index in [1.807, 2.05) is 13.1 Å². The van der Waals surface area contributed by atoms with Crippen LogP contribution in [0.1, 0.15) is 24.4 Å². The van der Waals surface area contributed by atoms with Crippen molar-refractivity contribution in [3.63, 3.8) is 0 Å². The van der Waals surface area contributed by atoms with E-state index in [0.29, 0.717) is 5.75 Å². The van der Waals surface area contributed by atoms with Crippen molar-refractivity contribution in [1.29, 1.82) is 0 Å². The fourth-order valence-corrected chi connectivity index (χ4v) is 3.52. The van der Waals surface area contributed by atoms with Gasteiger partial charge in [-0.1, -0.05) is 0 Å². The lowest BCUT2D eigenvalue weighted by Crippen LogP contribution is -2.27. The predicted molar refractivity (Wildman–Crippen MR) is 53.9 cm³/mol. The van der Waals surface area contributed by atoms with Gasteiger partial charge in [-0.05, 0) is 25.3 Å². The fraction of sp³-hybridized carbons (Fsp3) is 0.667. The van der Waals surface area contributed by atoms with Crippen molar-refractivity contribution < 1.29 is 8.42 Å². The summed E-state index contributed by atoms with van der Waals surface area (Å²) in [4.78, 5) is 0. The molecule has 78 valence electrons. The second-order valence-electron chi connectivity index (χ2n) is 3.91. The summed E-state index contributed by atoms with van der Waals surface area (Å²) in [5.74, 6) is 0.581. The Labute approximate surface area is 83.8 Å². The van der Waals surface area contributed by atoms with Crippen LogP contribution < -0.4 is 0 Å². The molecule has 0 amide bonds. The zero-order valence-corrected chi connectivity index (χ0v) is 9.00. The normalized spacial score (nSPS) is 26.2. The van der Waals surface area contributed by atoms with Gasteiger partial charge in [-0.2, -0.15) is 5.10 Å². The predicted octanol–water partition coefficient (Wildman–Crippen LogP) is 0.941. The first kappa shape index (κ1) is 9.71. The minimum atomic E-state index is -2.83. The summed E-state index contributed by atoms with van der Waals surface area (Å²) in [7, 11) is -2.83. The molecule has 0 spiro atoms. The molecule has 1 unspecified atom stereocenters. The Hall–Kier alpha value is -0.840. The topological polar surface area (TPSA) is 52.0 Å². The molecular formula is C9H14N2O2S. The zero-order valence-electron chi connectivity index (χ0n) is 8.18. The van der Waals surface area contributed by atoms with Crippen molar-refractivity contribution in [3.05, 3.63) is 18.0 Å². The largest absolute Gasteiger partial charge is 0.268 e. The summed E-state index contributed by atoms with van der Waals surface area (Å²) in [5.41, 5.74) is 1.08. The molecule has 1 aliphatic rings. The highest BCUT2D eigenvalue weighted by molar-refractivity contribution is 7.91. The molecule has 0 N–H and O–H groups in total. The van der Waals surface area contributed by atoms with Crippen molar-refractivity contribution in [2.75, 3.05) is 11.5 Å². The fourth-order valence-electron chi connectivity index (χ4n) is 1.84. The van der Waals surface area contributed by atoms with Gasteiger partial charge < -0.3 is 0 Å². The number of aromatic nitrogens is 2. The van der Waals surface area contributed by atoms with Crippen LogP contribution in [-0.4, -0.2) is 29.7 Å². The molecule has 0 aliphatic carbocycles. The van der Waals surface area contributed by atoms with Gasteiger partial charge in [-0.15, -0.1) is 0 Å². The Morgan fingerprint density at radius 3 is 2.93 bits per heavy atom. The van der Waals surface area contributed by atoms with Crippen LogP contribution in [0.4, 0.5) is 0 Å². The first-order valence-corrected chi connectivity index (χ1v) is 6.60. The van der Waals surface area contributed by atoms with Crippen LogP contribution in [0.25, 0.3) is 0 Å². The van der Waals surface area contributed by atoms with E-state index >= 15 is 0 Å². The molecule has 0 bridgehead atoms. The van der Waals surface area contributed by atoms with Gasteiger partial charge in [-0.3, -0.25) is 4.68 Å². The van der Waals surface area contributed by atoms with Crippen LogP contribution in [0, 0.1) is 6.92 Å². The Morgan fingerprint density at radius 1 is 1.57 bits per heavy atom. The molecule has 0 radical (unpaired) electrons. The van der Waals surface area contributed by atoms with E-state index in [2.05, 4.69) is 5.10 Å². The van der Waals surface area contributed by atoms with E-state index in [9.17, 15) is 8.42 Å². The summed E-state index contributed by atoms with van der Waals surface area (Å²) in [6.07, 6.45) is 5.35. The molecule has 1 atom stereocenters. The van der Waals surface area contributed by atoms with E-state index in [-0.39, 0.29) is 11.8 Å². The van der Waals surface area contributed by atoms with Crippen molar-refractivity contribution in [2.45, 2.75) is 25.8 Å². The number of sulfone groups is 1. The summed E-state index contributed by atoms with van der Waals surface area (Å²) < 4.78 is 24.6. The minimum absolute atomic E-state index is 0.0439. The molecule has 0 aromatic carbocycles. The molecule has 1 saturated heterocycles. The van der Waals surface area contributed by atoms with E-state index in [1.165, 1.54) is 0 Å². The van der Waals surface area contributed by atoms with Crippen LogP contribution in [0.5, 0.6) is 0 Å². The summed E-state index contributed by atoms with van der Waals surface area (Å²) >= 11 is 0. The van der Waals surface area contributed by atoms with Crippen molar-refractivity contribution in [2.24, 2.45) is 0 Å². The second kappa shape index (κ2) is 3.38. The summed E-state index contributed by atoms with van der Waals surface area (Å²) in [6, 6.07) is 0.0439. The molecule has 1 aromatic heterocycles. The maximum Gasteiger partial charge on any atom is 0.152 e. The van der Waals surface area contributed by atoms with Crippen molar-refractivity contribution in [3.8, 4) is 0 Å². The molecule has 2 heterocycles. The lowest BCUT2D eigenvalue weighted by molar-refractivity contribution is 0.435. The van der Waals surface area contributed by atoms with Gasteiger partial charge in [0.15, 0.2) is 9.84 Å². The third kappa shape index (κ3) is 1.97. The standard InChI is InChI=1S/C9H14N2O2S/c1-8-5-10-11(6-8)9-3-2-4-14(12,13)7-9/h5-6,9H,2-4,7H2,1H3. The number of nitrogens with zero attached hydrogens (tertiary/aromatic N) is 2. The van der Waals surface area contributed by atoms with Crippen LogP contribution in [0.3, 0.4) is 0 Å². The first-order valence-electron chi connectivity index (χ1n) is 4.78. The average molecular weight is 214 g/mol. The Morgan fingerprint density at radius 2 is 2.36 bits per heavy atom. The molecule has 14 heavy (non-hydrogen) atoms.